The number of nitrogens with zero attached hydrogens (tertiary/aromatic N) is 4. The summed E-state index contributed by atoms with van der Waals surface area (Å²) in [6.07, 6.45) is 1.98. The van der Waals surface area contributed by atoms with Gasteiger partial charge in [0, 0.05) is 37.8 Å². The predicted molar refractivity (Wildman–Crippen MR) is 106 cm³/mol. The third kappa shape index (κ3) is 4.03. The van der Waals surface area contributed by atoms with Crippen LogP contribution >= 0.6 is 0 Å². The van der Waals surface area contributed by atoms with Crippen molar-refractivity contribution >= 4 is 17.2 Å². The molecule has 2 N–H and O–H groups in total. The molecular formula is C20H26N6O. The maximum absolute atomic E-state index is 5.46. The first kappa shape index (κ1) is 17.7. The number of nitrogens with one attached hydrogen (secondary N) is 2. The normalized spacial score (nSPS) is 15.4. The fourth-order valence-electron chi connectivity index (χ4n) is 3.30. The molecule has 7 heteroatoms. The number of anilines is 2. The summed E-state index contributed by atoms with van der Waals surface area (Å²) in [5.41, 5.74) is 2.91. The summed E-state index contributed by atoms with van der Waals surface area (Å²) in [5, 5.41) is 20.6. The number of hydrogen-bond donors (Lipinski definition) is 2. The van der Waals surface area contributed by atoms with Crippen LogP contribution < -0.4 is 10.6 Å². The Bertz CT molecular complexity index is 886. The molecule has 142 valence electrons. The molecular weight excluding hydrogens is 340 g/mol. The van der Waals surface area contributed by atoms with Gasteiger partial charge in [0.1, 0.15) is 5.82 Å². The lowest BCUT2D eigenvalue weighted by molar-refractivity contribution is 0.0903. The van der Waals surface area contributed by atoms with Gasteiger partial charge < -0.3 is 15.4 Å². The van der Waals surface area contributed by atoms with Crippen LogP contribution in [-0.2, 0) is 11.3 Å². The molecule has 1 fully saturated rings. The molecule has 0 spiro atoms. The maximum Gasteiger partial charge on any atom is 0.201 e. The molecule has 1 saturated heterocycles. The molecule has 0 bridgehead atoms. The highest BCUT2D eigenvalue weighted by atomic mass is 16.5. The van der Waals surface area contributed by atoms with E-state index in [4.69, 9.17) is 9.84 Å². The molecule has 0 saturated carbocycles. The lowest BCUT2D eigenvalue weighted by atomic mass is 10.1. The monoisotopic (exact) mass is 366 g/mol. The Kier molecular flexibility index (Phi) is 5.20. The van der Waals surface area contributed by atoms with E-state index < -0.39 is 0 Å². The Morgan fingerprint density at radius 1 is 1.15 bits per heavy atom. The molecule has 4 rings (SSSR count). The van der Waals surface area contributed by atoms with Gasteiger partial charge in [0.25, 0.3) is 0 Å². The second kappa shape index (κ2) is 7.92. The van der Waals surface area contributed by atoms with Crippen LogP contribution in [0.25, 0.3) is 5.65 Å². The van der Waals surface area contributed by atoms with Gasteiger partial charge in [-0.05, 0) is 18.4 Å². The van der Waals surface area contributed by atoms with E-state index in [1.807, 2.05) is 28.8 Å². The summed E-state index contributed by atoms with van der Waals surface area (Å²) < 4.78 is 7.32. The smallest absolute Gasteiger partial charge is 0.201 e. The highest BCUT2D eigenvalue weighted by Crippen LogP contribution is 2.24. The van der Waals surface area contributed by atoms with Gasteiger partial charge in [-0.2, -0.15) is 4.52 Å². The van der Waals surface area contributed by atoms with Crippen molar-refractivity contribution in [3.8, 4) is 0 Å². The fourth-order valence-corrected chi connectivity index (χ4v) is 3.30. The summed E-state index contributed by atoms with van der Waals surface area (Å²) in [4.78, 5) is 0. The minimum atomic E-state index is 0.243. The average Bonchev–Trinajstić information content (AvgIpc) is 3.12. The van der Waals surface area contributed by atoms with Crippen LogP contribution in [0.4, 0.5) is 11.5 Å². The van der Waals surface area contributed by atoms with Crippen molar-refractivity contribution in [1.82, 2.24) is 19.8 Å². The molecule has 0 amide bonds. The van der Waals surface area contributed by atoms with Crippen molar-refractivity contribution in [3.63, 3.8) is 0 Å². The molecule has 0 aliphatic carbocycles. The molecule has 3 heterocycles. The maximum atomic E-state index is 5.46. The first-order chi connectivity index (χ1) is 13.2. The first-order valence-electron chi connectivity index (χ1n) is 9.59. The number of rotatable bonds is 6. The largest absolute Gasteiger partial charge is 0.381 e. The lowest BCUT2D eigenvalue weighted by Gasteiger charge is -2.24. The van der Waals surface area contributed by atoms with Gasteiger partial charge in [0.15, 0.2) is 5.82 Å². The SMILES string of the molecule is CC(C)c1nnc2c(NCc3ccccc3)cc(NC3CCOCC3)nn12. The number of fused-ring (bicyclic) bond motifs is 1. The molecule has 0 unspecified atom stereocenters. The van der Waals surface area contributed by atoms with Crippen LogP contribution in [0.2, 0.25) is 0 Å². The van der Waals surface area contributed by atoms with Crippen molar-refractivity contribution < 1.29 is 4.74 Å². The van der Waals surface area contributed by atoms with Crippen molar-refractivity contribution in [2.24, 2.45) is 0 Å². The summed E-state index contributed by atoms with van der Waals surface area (Å²) in [5.74, 6) is 1.95. The minimum Gasteiger partial charge on any atom is -0.381 e. The summed E-state index contributed by atoms with van der Waals surface area (Å²) in [6.45, 7) is 6.52. The van der Waals surface area contributed by atoms with E-state index in [0.717, 1.165) is 55.6 Å². The van der Waals surface area contributed by atoms with Gasteiger partial charge in [-0.25, -0.2) is 0 Å². The Labute approximate surface area is 159 Å². The van der Waals surface area contributed by atoms with E-state index in [1.54, 1.807) is 0 Å². The highest BCUT2D eigenvalue weighted by molar-refractivity contribution is 5.70. The van der Waals surface area contributed by atoms with E-state index >= 15 is 0 Å². The van der Waals surface area contributed by atoms with Crippen LogP contribution in [0.3, 0.4) is 0 Å². The Balaban J connectivity index is 1.64. The molecule has 1 aromatic carbocycles. The van der Waals surface area contributed by atoms with Gasteiger partial charge >= 0.3 is 0 Å². The quantitative estimate of drug-likeness (QED) is 0.696. The zero-order chi connectivity index (χ0) is 18.6. The zero-order valence-electron chi connectivity index (χ0n) is 15.9. The Morgan fingerprint density at radius 3 is 2.67 bits per heavy atom. The second-order valence-electron chi connectivity index (χ2n) is 7.26. The number of ether oxygens (including phenoxy) is 1. The van der Waals surface area contributed by atoms with Crippen molar-refractivity contribution in [2.45, 2.75) is 45.2 Å². The first-order valence-corrected chi connectivity index (χ1v) is 9.59. The van der Waals surface area contributed by atoms with Gasteiger partial charge in [0.2, 0.25) is 5.65 Å². The molecule has 3 aromatic rings. The van der Waals surface area contributed by atoms with E-state index in [1.165, 1.54) is 5.56 Å². The number of hydrogen-bond acceptors (Lipinski definition) is 6. The molecule has 0 atom stereocenters. The molecule has 1 aliphatic heterocycles. The molecule has 1 aliphatic rings. The summed E-state index contributed by atoms with van der Waals surface area (Å²) >= 11 is 0. The third-order valence-corrected chi connectivity index (χ3v) is 4.81. The van der Waals surface area contributed by atoms with Crippen molar-refractivity contribution in [1.29, 1.82) is 0 Å². The van der Waals surface area contributed by atoms with Gasteiger partial charge in [0.05, 0.1) is 5.69 Å². The van der Waals surface area contributed by atoms with Crippen LogP contribution in [0.1, 0.15) is 44.0 Å². The van der Waals surface area contributed by atoms with Gasteiger partial charge in [-0.3, -0.25) is 0 Å². The van der Waals surface area contributed by atoms with Crippen LogP contribution in [0, 0.1) is 0 Å². The van der Waals surface area contributed by atoms with Crippen molar-refractivity contribution in [2.75, 3.05) is 23.8 Å². The zero-order valence-corrected chi connectivity index (χ0v) is 15.9. The third-order valence-electron chi connectivity index (χ3n) is 4.81. The molecule has 27 heavy (non-hydrogen) atoms. The standard InChI is InChI=1S/C20H26N6O/c1-14(2)19-23-24-20-17(21-13-15-6-4-3-5-7-15)12-18(25-26(19)20)22-16-8-10-27-11-9-16/h3-7,12,14,16,21H,8-11,13H2,1-2H3,(H,22,25). The van der Waals surface area contributed by atoms with E-state index in [9.17, 15) is 0 Å². The van der Waals surface area contributed by atoms with Gasteiger partial charge in [-0.1, -0.05) is 44.2 Å². The number of aromatic nitrogens is 4. The average molecular weight is 366 g/mol. The highest BCUT2D eigenvalue weighted by Gasteiger charge is 2.18. The summed E-state index contributed by atoms with van der Waals surface area (Å²) in [6, 6.07) is 12.7. The van der Waals surface area contributed by atoms with Gasteiger partial charge in [-0.15, -0.1) is 15.3 Å². The predicted octanol–water partition coefficient (Wildman–Crippen LogP) is 3.45. The van der Waals surface area contributed by atoms with E-state index in [0.29, 0.717) is 6.04 Å². The Hall–Kier alpha value is -2.67. The molecule has 7 nitrogen and oxygen atoms in total. The van der Waals surface area contributed by atoms with Crippen LogP contribution in [-0.4, -0.2) is 39.1 Å². The minimum absolute atomic E-state index is 0.243. The fraction of sp³-hybridized carbons (Fsp3) is 0.450. The number of benzene rings is 1. The molecule has 0 radical (unpaired) electrons. The summed E-state index contributed by atoms with van der Waals surface area (Å²) in [7, 11) is 0. The molecule has 2 aromatic heterocycles. The van der Waals surface area contributed by atoms with Crippen LogP contribution in [0.5, 0.6) is 0 Å². The topological polar surface area (TPSA) is 76.4 Å². The van der Waals surface area contributed by atoms with Crippen LogP contribution in [0.15, 0.2) is 36.4 Å². The lowest BCUT2D eigenvalue weighted by Crippen LogP contribution is -2.28. The van der Waals surface area contributed by atoms with Crippen molar-refractivity contribution in [3.05, 3.63) is 47.8 Å². The van der Waals surface area contributed by atoms with E-state index in [-0.39, 0.29) is 5.92 Å². The Morgan fingerprint density at radius 2 is 1.93 bits per heavy atom. The second-order valence-corrected chi connectivity index (χ2v) is 7.26. The van der Waals surface area contributed by atoms with E-state index in [2.05, 4.69) is 46.8 Å².